The Morgan fingerprint density at radius 3 is 1.47 bits per heavy atom. The summed E-state index contributed by atoms with van der Waals surface area (Å²) in [6.07, 6.45) is 6.77. The number of nitrogens with one attached hydrogen (secondary N) is 6. The average Bonchev–Trinajstić information content (AvgIpc) is 4.25. The third kappa shape index (κ3) is 17.6. The molecule has 0 aromatic rings. The molecule has 13 N–H and O–H groups in total. The van der Waals surface area contributed by atoms with Crippen LogP contribution < -0.4 is 49.1 Å². The van der Waals surface area contributed by atoms with Gasteiger partial charge < -0.3 is 73.8 Å². The molecule has 4 rings (SSSR count). The number of nitrogens with two attached hydrogens (primary N) is 3. The fourth-order valence-corrected chi connectivity index (χ4v) is 10.6. The van der Waals surface area contributed by atoms with E-state index in [1.165, 1.54) is 19.6 Å². The highest BCUT2D eigenvalue weighted by atomic mass is 16.3. The molecule has 0 saturated carbocycles. The van der Waals surface area contributed by atoms with Crippen molar-refractivity contribution in [1.82, 2.24) is 51.5 Å². The summed E-state index contributed by atoms with van der Waals surface area (Å²) in [6, 6.07) is -9.09. The van der Waals surface area contributed by atoms with E-state index >= 15 is 0 Å². The minimum absolute atomic E-state index is 0.0642. The molecule has 4 aliphatic rings. The third-order valence-corrected chi connectivity index (χ3v) is 14.6. The normalized spacial score (nSPS) is 21.4. The number of likely N-dealkylation sites (tertiary alicyclic amines) is 4. The molecule has 4 saturated heterocycles. The molecule has 0 bridgehead atoms. The molecule has 25 heteroatoms. The SMILES string of the molecule is CC(C)C[C@H](N)C(=O)N1CCC[C@H]1C(=O)N[C@@H](CCCCN)C(=O)N1CCC[C@H]1C(=O)N1CCC[C@H]1C(=O)N[C@@H](CCCCN)C(=O)N1CCC[C@H]1C(=O)N[C@H](C(=O)N[C@@H](CO)C(=O)NCCCNC(=O)C=O)C(C)C. The van der Waals surface area contributed by atoms with Crippen LogP contribution in [0.2, 0.25) is 0 Å². The van der Waals surface area contributed by atoms with Crippen molar-refractivity contribution >= 4 is 65.4 Å². The zero-order chi connectivity index (χ0) is 56.1. The Balaban J connectivity index is 1.43. The summed E-state index contributed by atoms with van der Waals surface area (Å²) in [5.74, 6) is -5.93. The Hall–Kier alpha value is -5.79. The minimum atomic E-state index is -1.38. The maximum atomic E-state index is 14.6. The van der Waals surface area contributed by atoms with Crippen molar-refractivity contribution in [3.8, 4) is 0 Å². The first-order valence-corrected chi connectivity index (χ1v) is 27.5. The molecule has 0 aliphatic carbocycles. The van der Waals surface area contributed by atoms with Gasteiger partial charge in [-0.2, -0.15) is 0 Å². The fourth-order valence-electron chi connectivity index (χ4n) is 10.6. The zero-order valence-electron chi connectivity index (χ0n) is 45.1. The van der Waals surface area contributed by atoms with Crippen molar-refractivity contribution in [2.75, 3.05) is 59.0 Å². The lowest BCUT2D eigenvalue weighted by atomic mass is 10.0. The Labute approximate surface area is 446 Å². The van der Waals surface area contributed by atoms with Crippen LogP contribution in [0.4, 0.5) is 0 Å². The lowest BCUT2D eigenvalue weighted by Crippen LogP contribution is -2.60. The summed E-state index contributed by atoms with van der Waals surface area (Å²) in [5.41, 5.74) is 17.9. The Morgan fingerprint density at radius 1 is 0.553 bits per heavy atom. The van der Waals surface area contributed by atoms with Crippen LogP contribution >= 0.6 is 0 Å². The second-order valence-corrected chi connectivity index (χ2v) is 21.2. The highest BCUT2D eigenvalue weighted by Gasteiger charge is 2.46. The van der Waals surface area contributed by atoms with E-state index in [2.05, 4.69) is 31.9 Å². The van der Waals surface area contributed by atoms with E-state index in [1.54, 1.807) is 13.8 Å². The largest absolute Gasteiger partial charge is 0.394 e. The van der Waals surface area contributed by atoms with Gasteiger partial charge in [0.05, 0.1) is 12.6 Å². The van der Waals surface area contributed by atoms with Crippen molar-refractivity contribution in [3.05, 3.63) is 0 Å². The van der Waals surface area contributed by atoms with Crippen molar-refractivity contribution in [2.45, 2.75) is 185 Å². The number of aliphatic hydroxyl groups excluding tert-OH is 1. The van der Waals surface area contributed by atoms with Crippen molar-refractivity contribution < 1.29 is 57.8 Å². The molecule has 4 aliphatic heterocycles. The average molecular weight is 1070 g/mol. The van der Waals surface area contributed by atoms with Crippen molar-refractivity contribution in [1.29, 1.82) is 0 Å². The van der Waals surface area contributed by atoms with Crippen LogP contribution in [0.15, 0.2) is 0 Å². The monoisotopic (exact) mass is 1070 g/mol. The summed E-state index contributed by atoms with van der Waals surface area (Å²) >= 11 is 0. The Bertz CT molecular complexity index is 2030. The molecule has 0 spiro atoms. The van der Waals surface area contributed by atoms with E-state index in [-0.39, 0.29) is 76.5 Å². The first-order chi connectivity index (χ1) is 36.3. The van der Waals surface area contributed by atoms with E-state index in [9.17, 15) is 57.8 Å². The standard InChI is InChI=1S/C51H87N13O12/c1-31(2)28-33(54)48(73)61-24-9-16-37(61)44(69)58-35(15-6-8-21-53)50(75)64-27-12-19-40(64)51(76)63-26-11-17-38(63)45(70)57-34(14-5-7-20-52)49(74)62-25-10-18-39(62)46(71)60-42(32(3)4)47(72)59-36(29-65)43(68)56-23-13-22-55-41(67)30-66/h30-40,42,65H,5-29,52-54H2,1-4H3,(H,55,67)(H,56,68)(H,57,70)(H,58,69)(H,59,72)(H,60,71)/t33-,34-,35-,36-,37-,38-,39-,40-,42-/m0/s1. The summed E-state index contributed by atoms with van der Waals surface area (Å²) in [6.45, 7) is 8.43. The van der Waals surface area contributed by atoms with E-state index < -0.39 is 120 Å². The summed E-state index contributed by atoms with van der Waals surface area (Å²) in [4.78, 5) is 153. The summed E-state index contributed by atoms with van der Waals surface area (Å²) in [7, 11) is 0. The zero-order valence-corrected chi connectivity index (χ0v) is 45.1. The molecule has 4 fully saturated rings. The molecule has 428 valence electrons. The number of aldehydes is 1. The molecule has 0 radical (unpaired) electrons. The number of hydrogen-bond acceptors (Lipinski definition) is 15. The second kappa shape index (κ2) is 31.4. The van der Waals surface area contributed by atoms with Crippen molar-refractivity contribution in [2.24, 2.45) is 29.0 Å². The molecule has 10 amide bonds. The molecule has 0 aromatic heterocycles. The van der Waals surface area contributed by atoms with Crippen LogP contribution in [0.5, 0.6) is 0 Å². The van der Waals surface area contributed by atoms with Gasteiger partial charge in [-0.3, -0.25) is 52.7 Å². The molecule has 0 aromatic carbocycles. The third-order valence-electron chi connectivity index (χ3n) is 14.6. The smallest absolute Gasteiger partial charge is 0.284 e. The van der Waals surface area contributed by atoms with Gasteiger partial charge in [0.25, 0.3) is 5.91 Å². The molecular weight excluding hydrogens is 987 g/mol. The van der Waals surface area contributed by atoms with Gasteiger partial charge >= 0.3 is 0 Å². The van der Waals surface area contributed by atoms with E-state index in [1.807, 2.05) is 13.8 Å². The first kappa shape index (κ1) is 62.7. The number of nitrogens with zero attached hydrogens (tertiary/aromatic N) is 4. The Morgan fingerprint density at radius 2 is 1.00 bits per heavy atom. The van der Waals surface area contributed by atoms with Gasteiger partial charge in [0, 0.05) is 39.3 Å². The molecule has 0 unspecified atom stereocenters. The quantitative estimate of drug-likeness (QED) is 0.0195. The number of amides is 10. The molecular formula is C51H87N13O12. The van der Waals surface area contributed by atoms with Crippen LogP contribution in [0.3, 0.4) is 0 Å². The van der Waals surface area contributed by atoms with Gasteiger partial charge in [0.2, 0.25) is 59.5 Å². The van der Waals surface area contributed by atoms with Crippen LogP contribution in [0, 0.1) is 11.8 Å². The van der Waals surface area contributed by atoms with Gasteiger partial charge in [0.15, 0.2) is 0 Å². The molecule has 25 nitrogen and oxygen atoms in total. The number of hydrogen-bond donors (Lipinski definition) is 10. The first-order valence-electron chi connectivity index (χ1n) is 27.5. The van der Waals surface area contributed by atoms with Gasteiger partial charge in [0.1, 0.15) is 48.3 Å². The van der Waals surface area contributed by atoms with Gasteiger partial charge in [-0.1, -0.05) is 27.7 Å². The summed E-state index contributed by atoms with van der Waals surface area (Å²) < 4.78 is 0. The lowest BCUT2D eigenvalue weighted by Gasteiger charge is -2.34. The maximum absolute atomic E-state index is 14.6. The number of unbranched alkanes of at least 4 members (excludes halogenated alkanes) is 2. The van der Waals surface area contributed by atoms with Crippen LogP contribution in [0.25, 0.3) is 0 Å². The topological polar surface area (TPSA) is 371 Å². The molecule has 76 heavy (non-hydrogen) atoms. The van der Waals surface area contributed by atoms with Crippen molar-refractivity contribution in [3.63, 3.8) is 0 Å². The fraction of sp³-hybridized carbons (Fsp3) is 0.784. The van der Waals surface area contributed by atoms with E-state index in [0.29, 0.717) is 96.7 Å². The minimum Gasteiger partial charge on any atom is -0.394 e. The number of aliphatic hydroxyl groups is 1. The maximum Gasteiger partial charge on any atom is 0.284 e. The highest BCUT2D eigenvalue weighted by molar-refractivity contribution is 6.23. The van der Waals surface area contributed by atoms with E-state index in [4.69, 9.17) is 17.2 Å². The predicted octanol–water partition coefficient (Wildman–Crippen LogP) is -3.01. The van der Waals surface area contributed by atoms with E-state index in [0.717, 1.165) is 0 Å². The van der Waals surface area contributed by atoms with Gasteiger partial charge in [-0.05, 0) is 128 Å². The number of rotatable bonds is 30. The lowest BCUT2D eigenvalue weighted by molar-refractivity contribution is -0.149. The van der Waals surface area contributed by atoms with Gasteiger partial charge in [-0.25, -0.2) is 0 Å². The Kier molecular flexibility index (Phi) is 26.0. The van der Waals surface area contributed by atoms with Gasteiger partial charge in [-0.15, -0.1) is 0 Å². The molecule has 9 atom stereocenters. The van der Waals surface area contributed by atoms with Crippen LogP contribution in [-0.4, -0.2) is 203 Å². The summed E-state index contributed by atoms with van der Waals surface area (Å²) in [5, 5.41) is 25.9. The predicted molar refractivity (Wildman–Crippen MR) is 279 cm³/mol. The molecule has 4 heterocycles. The highest BCUT2D eigenvalue weighted by Crippen LogP contribution is 2.28. The van der Waals surface area contributed by atoms with Crippen LogP contribution in [-0.2, 0) is 52.7 Å². The number of carbonyl (C=O) groups excluding carboxylic acids is 11. The number of carbonyl (C=O) groups is 11. The van der Waals surface area contributed by atoms with Crippen LogP contribution in [0.1, 0.15) is 130 Å². The second-order valence-electron chi connectivity index (χ2n) is 21.2.